The van der Waals surface area contributed by atoms with Crippen molar-refractivity contribution in [2.75, 3.05) is 23.8 Å². The average molecular weight is 463 g/mol. The highest BCUT2D eigenvalue weighted by molar-refractivity contribution is 5.86. The summed E-state index contributed by atoms with van der Waals surface area (Å²) >= 11 is 0. The molecule has 1 heterocycles. The van der Waals surface area contributed by atoms with Crippen molar-refractivity contribution in [3.63, 3.8) is 0 Å². The lowest BCUT2D eigenvalue weighted by Gasteiger charge is -2.21. The molecule has 8 nitrogen and oxygen atoms in total. The van der Waals surface area contributed by atoms with Crippen molar-refractivity contribution in [2.45, 2.75) is 39.8 Å². The van der Waals surface area contributed by atoms with Crippen molar-refractivity contribution in [1.29, 1.82) is 0 Å². The van der Waals surface area contributed by atoms with E-state index in [-0.39, 0.29) is 13.2 Å². The van der Waals surface area contributed by atoms with Gasteiger partial charge in [-0.15, -0.1) is 0 Å². The molecule has 0 spiro atoms. The van der Waals surface area contributed by atoms with Gasteiger partial charge >= 0.3 is 11.9 Å². The molecule has 0 radical (unpaired) electrons. The molecular formula is C26H30N4O4. The largest absolute Gasteiger partial charge is 0.464 e. The van der Waals surface area contributed by atoms with Crippen molar-refractivity contribution in [2.24, 2.45) is 0 Å². The van der Waals surface area contributed by atoms with Gasteiger partial charge in [0.15, 0.2) is 11.6 Å². The third-order valence-corrected chi connectivity index (χ3v) is 4.98. The zero-order valence-electron chi connectivity index (χ0n) is 19.9. The SMILES string of the molecule is CCOC(=O)C(C)Nc1nc(NC(C)C(=O)OCC)c(-c2ccccc2)nc1-c1ccccc1. The molecule has 0 fully saturated rings. The number of esters is 2. The van der Waals surface area contributed by atoms with E-state index in [1.165, 1.54) is 0 Å². The highest BCUT2D eigenvalue weighted by Gasteiger charge is 2.23. The maximum Gasteiger partial charge on any atom is 0.328 e. The number of benzene rings is 2. The van der Waals surface area contributed by atoms with Gasteiger partial charge in [0.25, 0.3) is 0 Å². The van der Waals surface area contributed by atoms with Crippen LogP contribution in [0.2, 0.25) is 0 Å². The van der Waals surface area contributed by atoms with Gasteiger partial charge in [0, 0.05) is 11.1 Å². The summed E-state index contributed by atoms with van der Waals surface area (Å²) in [7, 11) is 0. The number of anilines is 2. The molecule has 178 valence electrons. The number of nitrogens with one attached hydrogen (secondary N) is 2. The second kappa shape index (κ2) is 11.8. The van der Waals surface area contributed by atoms with E-state index in [0.29, 0.717) is 23.0 Å². The van der Waals surface area contributed by atoms with Crippen LogP contribution in [0, 0.1) is 0 Å². The van der Waals surface area contributed by atoms with Crippen LogP contribution in [0.5, 0.6) is 0 Å². The van der Waals surface area contributed by atoms with Gasteiger partial charge in [-0.05, 0) is 27.7 Å². The summed E-state index contributed by atoms with van der Waals surface area (Å²) in [5.74, 6) is -0.00955. The normalized spacial score (nSPS) is 12.4. The molecule has 0 aliphatic rings. The Bertz CT molecular complexity index is 1020. The van der Waals surface area contributed by atoms with Gasteiger partial charge < -0.3 is 20.1 Å². The van der Waals surface area contributed by atoms with Crippen molar-refractivity contribution in [3.05, 3.63) is 60.7 Å². The van der Waals surface area contributed by atoms with Crippen molar-refractivity contribution in [1.82, 2.24) is 9.97 Å². The number of hydrogen-bond donors (Lipinski definition) is 2. The average Bonchev–Trinajstić information content (AvgIpc) is 2.85. The number of rotatable bonds is 10. The number of carbonyl (C=O) groups is 2. The molecule has 0 aliphatic carbocycles. The zero-order valence-corrected chi connectivity index (χ0v) is 19.9. The standard InChI is InChI=1S/C26H30N4O4/c1-5-33-25(31)17(3)27-23-21(19-13-9-7-10-14-19)29-22(20-15-11-8-12-16-20)24(30-23)28-18(4)26(32)34-6-2/h7-18H,5-6H2,1-4H3,(H2,27,28,30). The summed E-state index contributed by atoms with van der Waals surface area (Å²) in [6, 6.07) is 17.9. The van der Waals surface area contributed by atoms with E-state index in [2.05, 4.69) is 10.6 Å². The Morgan fingerprint density at radius 3 is 1.44 bits per heavy atom. The van der Waals surface area contributed by atoms with Crippen molar-refractivity contribution >= 4 is 23.6 Å². The molecule has 2 atom stereocenters. The second-order valence-electron chi connectivity index (χ2n) is 7.59. The third-order valence-electron chi connectivity index (χ3n) is 4.98. The Hall–Kier alpha value is -3.94. The maximum absolute atomic E-state index is 12.3. The fourth-order valence-corrected chi connectivity index (χ4v) is 3.29. The first kappa shape index (κ1) is 24.7. The number of aromatic nitrogens is 2. The maximum atomic E-state index is 12.3. The van der Waals surface area contributed by atoms with Gasteiger partial charge in [-0.25, -0.2) is 19.6 Å². The number of carbonyl (C=O) groups excluding carboxylic acids is 2. The van der Waals surface area contributed by atoms with E-state index in [4.69, 9.17) is 19.4 Å². The van der Waals surface area contributed by atoms with Gasteiger partial charge in [-0.1, -0.05) is 60.7 Å². The Balaban J connectivity index is 2.14. The molecule has 3 rings (SSSR count). The molecule has 0 saturated carbocycles. The summed E-state index contributed by atoms with van der Waals surface area (Å²) in [5, 5.41) is 6.27. The minimum Gasteiger partial charge on any atom is -0.464 e. The first-order valence-corrected chi connectivity index (χ1v) is 11.3. The summed E-state index contributed by atoms with van der Waals surface area (Å²) in [6.07, 6.45) is 0. The van der Waals surface area contributed by atoms with E-state index in [0.717, 1.165) is 11.1 Å². The van der Waals surface area contributed by atoms with Crippen LogP contribution in [0.1, 0.15) is 27.7 Å². The number of hydrogen-bond acceptors (Lipinski definition) is 8. The van der Waals surface area contributed by atoms with Crippen LogP contribution in [0.15, 0.2) is 60.7 Å². The van der Waals surface area contributed by atoms with Crippen LogP contribution in [-0.4, -0.2) is 47.2 Å². The van der Waals surface area contributed by atoms with Crippen LogP contribution in [0.3, 0.4) is 0 Å². The first-order valence-electron chi connectivity index (χ1n) is 11.3. The molecule has 0 saturated heterocycles. The molecule has 8 heteroatoms. The van der Waals surface area contributed by atoms with Crippen molar-refractivity contribution in [3.8, 4) is 22.5 Å². The highest BCUT2D eigenvalue weighted by Crippen LogP contribution is 2.33. The van der Waals surface area contributed by atoms with Gasteiger partial charge in [-0.2, -0.15) is 0 Å². The van der Waals surface area contributed by atoms with Crippen LogP contribution in [0.25, 0.3) is 22.5 Å². The van der Waals surface area contributed by atoms with Crippen molar-refractivity contribution < 1.29 is 19.1 Å². The summed E-state index contributed by atoms with van der Waals surface area (Å²) in [6.45, 7) is 7.47. The lowest BCUT2D eigenvalue weighted by atomic mass is 10.1. The second-order valence-corrected chi connectivity index (χ2v) is 7.59. The molecule has 0 bridgehead atoms. The Labute approximate surface area is 199 Å². The van der Waals surface area contributed by atoms with Gasteiger partial charge in [-0.3, -0.25) is 0 Å². The predicted octanol–water partition coefficient (Wildman–Crippen LogP) is 4.54. The van der Waals surface area contributed by atoms with Gasteiger partial charge in [0.1, 0.15) is 23.5 Å². The molecule has 0 amide bonds. The molecule has 2 aromatic carbocycles. The third kappa shape index (κ3) is 6.10. The Morgan fingerprint density at radius 2 is 1.09 bits per heavy atom. The molecule has 0 aliphatic heterocycles. The summed E-state index contributed by atoms with van der Waals surface area (Å²) < 4.78 is 10.3. The van der Waals surface area contributed by atoms with E-state index in [1.807, 2.05) is 60.7 Å². The summed E-state index contributed by atoms with van der Waals surface area (Å²) in [5.41, 5.74) is 2.81. The van der Waals surface area contributed by atoms with E-state index in [9.17, 15) is 9.59 Å². The molecule has 34 heavy (non-hydrogen) atoms. The minimum atomic E-state index is -0.658. The smallest absolute Gasteiger partial charge is 0.328 e. The van der Waals surface area contributed by atoms with E-state index >= 15 is 0 Å². The zero-order chi connectivity index (χ0) is 24.5. The minimum absolute atomic E-state index is 0.277. The highest BCUT2D eigenvalue weighted by atomic mass is 16.5. The Morgan fingerprint density at radius 1 is 0.706 bits per heavy atom. The molecule has 2 N–H and O–H groups in total. The predicted molar refractivity (Wildman–Crippen MR) is 132 cm³/mol. The quantitative estimate of drug-likeness (QED) is 0.424. The fraction of sp³-hybridized carbons (Fsp3) is 0.308. The van der Waals surface area contributed by atoms with Gasteiger partial charge in [0.2, 0.25) is 0 Å². The number of nitrogens with zero attached hydrogens (tertiary/aromatic N) is 2. The van der Waals surface area contributed by atoms with E-state index < -0.39 is 24.0 Å². The fourth-order valence-electron chi connectivity index (χ4n) is 3.29. The lowest BCUT2D eigenvalue weighted by molar-refractivity contribution is -0.144. The summed E-state index contributed by atoms with van der Waals surface area (Å²) in [4.78, 5) is 34.3. The van der Waals surface area contributed by atoms with Gasteiger partial charge in [0.05, 0.1) is 13.2 Å². The molecule has 2 unspecified atom stereocenters. The first-order chi connectivity index (χ1) is 16.4. The number of ether oxygens (including phenoxy) is 2. The topological polar surface area (TPSA) is 102 Å². The monoisotopic (exact) mass is 462 g/mol. The van der Waals surface area contributed by atoms with Crippen LogP contribution >= 0.6 is 0 Å². The molecular weight excluding hydrogens is 432 g/mol. The van der Waals surface area contributed by atoms with E-state index in [1.54, 1.807) is 27.7 Å². The van der Waals surface area contributed by atoms with Crippen LogP contribution in [-0.2, 0) is 19.1 Å². The molecule has 3 aromatic rings. The lowest BCUT2D eigenvalue weighted by Crippen LogP contribution is -2.31. The van der Waals surface area contributed by atoms with Crippen LogP contribution < -0.4 is 10.6 Å². The molecule has 1 aromatic heterocycles. The van der Waals surface area contributed by atoms with Crippen LogP contribution in [0.4, 0.5) is 11.6 Å². The Kier molecular flexibility index (Phi) is 8.56.